The molecule has 0 aromatic heterocycles. The Kier molecular flexibility index (Phi) is 7.13. The van der Waals surface area contributed by atoms with E-state index in [4.69, 9.17) is 5.11 Å². The molecule has 1 N–H and O–H groups in total. The summed E-state index contributed by atoms with van der Waals surface area (Å²) < 4.78 is 26.1. The van der Waals surface area contributed by atoms with Crippen molar-refractivity contribution < 1.29 is 23.1 Å². The first-order chi connectivity index (χ1) is 11.5. The van der Waals surface area contributed by atoms with Gasteiger partial charge in [-0.2, -0.15) is 4.31 Å². The SMILES string of the molecule is CCC(C)N(CC(=O)O)C(=O)c1ccc(S(=O)(=O)N(C)C(C)C)cc1. The third-order valence-electron chi connectivity index (χ3n) is 4.19. The van der Waals surface area contributed by atoms with Crippen molar-refractivity contribution >= 4 is 21.9 Å². The van der Waals surface area contributed by atoms with Crippen LogP contribution in [0, 0.1) is 0 Å². The first-order valence-electron chi connectivity index (χ1n) is 8.13. The molecule has 0 aliphatic rings. The van der Waals surface area contributed by atoms with Gasteiger partial charge in [-0.3, -0.25) is 9.59 Å². The molecule has 8 heteroatoms. The number of rotatable bonds is 8. The molecule has 0 aliphatic carbocycles. The van der Waals surface area contributed by atoms with Gasteiger partial charge in [-0.05, 0) is 51.5 Å². The van der Waals surface area contributed by atoms with Gasteiger partial charge in [-0.1, -0.05) is 6.92 Å². The lowest BCUT2D eigenvalue weighted by molar-refractivity contribution is -0.138. The van der Waals surface area contributed by atoms with Crippen molar-refractivity contribution in [3.8, 4) is 0 Å². The van der Waals surface area contributed by atoms with E-state index in [1.165, 1.54) is 40.5 Å². The summed E-state index contributed by atoms with van der Waals surface area (Å²) in [4.78, 5) is 25.0. The van der Waals surface area contributed by atoms with Crippen LogP contribution >= 0.6 is 0 Å². The Hall–Kier alpha value is -1.93. The summed E-state index contributed by atoms with van der Waals surface area (Å²) >= 11 is 0. The predicted molar refractivity (Wildman–Crippen MR) is 95.0 cm³/mol. The number of aliphatic carboxylic acids is 1. The van der Waals surface area contributed by atoms with Crippen molar-refractivity contribution in [2.24, 2.45) is 0 Å². The van der Waals surface area contributed by atoms with Crippen LogP contribution in [0.1, 0.15) is 44.5 Å². The number of hydrogen-bond acceptors (Lipinski definition) is 4. The van der Waals surface area contributed by atoms with Gasteiger partial charge in [0.05, 0.1) is 4.90 Å². The van der Waals surface area contributed by atoms with Gasteiger partial charge in [0.1, 0.15) is 6.54 Å². The van der Waals surface area contributed by atoms with Crippen LogP contribution in [-0.4, -0.2) is 60.3 Å². The van der Waals surface area contributed by atoms with Gasteiger partial charge < -0.3 is 10.0 Å². The monoisotopic (exact) mass is 370 g/mol. The van der Waals surface area contributed by atoms with Crippen molar-refractivity contribution in [2.75, 3.05) is 13.6 Å². The average molecular weight is 370 g/mol. The summed E-state index contributed by atoms with van der Waals surface area (Å²) in [7, 11) is -2.13. The number of amides is 1. The van der Waals surface area contributed by atoms with E-state index in [9.17, 15) is 18.0 Å². The number of nitrogens with zero attached hydrogens (tertiary/aromatic N) is 2. The van der Waals surface area contributed by atoms with Crippen LogP contribution in [0.15, 0.2) is 29.2 Å². The first kappa shape index (κ1) is 21.1. The van der Waals surface area contributed by atoms with Crippen LogP contribution < -0.4 is 0 Å². The number of carboxylic acids is 1. The highest BCUT2D eigenvalue weighted by Gasteiger charge is 2.25. The van der Waals surface area contributed by atoms with Crippen molar-refractivity contribution in [1.29, 1.82) is 0 Å². The number of benzene rings is 1. The van der Waals surface area contributed by atoms with Crippen LogP contribution in [0.2, 0.25) is 0 Å². The van der Waals surface area contributed by atoms with Crippen LogP contribution in [0.3, 0.4) is 0 Å². The molecule has 1 aromatic rings. The fraction of sp³-hybridized carbons (Fsp3) is 0.529. The van der Waals surface area contributed by atoms with Gasteiger partial charge in [-0.15, -0.1) is 0 Å². The molecule has 25 heavy (non-hydrogen) atoms. The number of hydrogen-bond donors (Lipinski definition) is 1. The molecule has 0 heterocycles. The maximum Gasteiger partial charge on any atom is 0.323 e. The Balaban J connectivity index is 3.12. The van der Waals surface area contributed by atoms with Gasteiger partial charge in [0.2, 0.25) is 10.0 Å². The van der Waals surface area contributed by atoms with E-state index < -0.39 is 28.4 Å². The highest BCUT2D eigenvalue weighted by molar-refractivity contribution is 7.89. The number of carbonyl (C=O) groups excluding carboxylic acids is 1. The molecule has 140 valence electrons. The van der Waals surface area contributed by atoms with Gasteiger partial charge >= 0.3 is 5.97 Å². The topological polar surface area (TPSA) is 95.0 Å². The minimum atomic E-state index is -3.63. The molecule has 1 rings (SSSR count). The molecule has 1 atom stereocenters. The summed E-state index contributed by atoms with van der Waals surface area (Å²) in [5, 5.41) is 9.01. The highest BCUT2D eigenvalue weighted by Crippen LogP contribution is 2.18. The highest BCUT2D eigenvalue weighted by atomic mass is 32.2. The number of carbonyl (C=O) groups is 2. The summed E-state index contributed by atoms with van der Waals surface area (Å²) in [6.07, 6.45) is 0.616. The fourth-order valence-electron chi connectivity index (χ4n) is 2.17. The molecule has 1 unspecified atom stereocenters. The Bertz CT molecular complexity index is 713. The third kappa shape index (κ3) is 5.02. The van der Waals surface area contributed by atoms with Crippen molar-refractivity contribution in [1.82, 2.24) is 9.21 Å². The standard InChI is InChI=1S/C17H26N2O5S/c1-6-13(4)19(11-16(20)21)17(22)14-7-9-15(10-8-14)25(23,24)18(5)12(2)3/h7-10,12-13H,6,11H2,1-5H3,(H,20,21). The molecule has 0 aliphatic heterocycles. The molecular weight excluding hydrogens is 344 g/mol. The normalized spacial score (nSPS) is 13.1. The first-order valence-corrected chi connectivity index (χ1v) is 9.57. The molecule has 0 fully saturated rings. The van der Waals surface area contributed by atoms with E-state index in [1.54, 1.807) is 20.8 Å². The van der Waals surface area contributed by atoms with Gasteiger partial charge in [0.15, 0.2) is 0 Å². The van der Waals surface area contributed by atoms with Crippen molar-refractivity contribution in [2.45, 2.75) is 51.1 Å². The van der Waals surface area contributed by atoms with Gasteiger partial charge in [0, 0.05) is 24.7 Å². The maximum absolute atomic E-state index is 12.6. The second-order valence-corrected chi connectivity index (χ2v) is 8.22. The summed E-state index contributed by atoms with van der Waals surface area (Å²) in [6, 6.07) is 5.15. The lowest BCUT2D eigenvalue weighted by atomic mass is 10.1. The Labute approximate surface area is 149 Å². The van der Waals surface area contributed by atoms with E-state index in [2.05, 4.69) is 0 Å². The van der Waals surface area contributed by atoms with Crippen LogP contribution in [0.5, 0.6) is 0 Å². The molecule has 1 aromatic carbocycles. The van der Waals surface area contributed by atoms with E-state index in [0.717, 1.165) is 0 Å². The Morgan fingerprint density at radius 3 is 2.04 bits per heavy atom. The van der Waals surface area contributed by atoms with Crippen molar-refractivity contribution in [3.05, 3.63) is 29.8 Å². The Morgan fingerprint density at radius 2 is 1.64 bits per heavy atom. The van der Waals surface area contributed by atoms with E-state index in [1.807, 2.05) is 6.92 Å². The summed E-state index contributed by atoms with van der Waals surface area (Å²) in [5.74, 6) is -1.52. The lowest BCUT2D eigenvalue weighted by Gasteiger charge is -2.27. The van der Waals surface area contributed by atoms with Crippen molar-refractivity contribution in [3.63, 3.8) is 0 Å². The molecule has 1 amide bonds. The summed E-state index contributed by atoms with van der Waals surface area (Å²) in [6.45, 7) is 6.78. The molecular formula is C17H26N2O5S. The van der Waals surface area contributed by atoms with E-state index >= 15 is 0 Å². The maximum atomic E-state index is 12.6. The largest absolute Gasteiger partial charge is 0.480 e. The minimum Gasteiger partial charge on any atom is -0.480 e. The molecule has 7 nitrogen and oxygen atoms in total. The van der Waals surface area contributed by atoms with Crippen LogP contribution in [0.4, 0.5) is 0 Å². The molecule has 0 radical (unpaired) electrons. The van der Waals surface area contributed by atoms with Gasteiger partial charge in [0.25, 0.3) is 5.91 Å². The number of carboxylic acid groups (broad SMARTS) is 1. The smallest absolute Gasteiger partial charge is 0.323 e. The lowest BCUT2D eigenvalue weighted by Crippen LogP contribution is -2.41. The zero-order chi connectivity index (χ0) is 19.4. The van der Waals surface area contributed by atoms with E-state index in [-0.39, 0.29) is 22.5 Å². The quantitative estimate of drug-likeness (QED) is 0.755. The summed E-state index contributed by atoms with van der Waals surface area (Å²) in [5.41, 5.74) is 0.257. The van der Waals surface area contributed by atoms with E-state index in [0.29, 0.717) is 6.42 Å². The zero-order valence-corrected chi connectivity index (χ0v) is 16.1. The second kappa shape index (κ2) is 8.44. The van der Waals surface area contributed by atoms with Crippen LogP contribution in [0.25, 0.3) is 0 Å². The molecule has 0 spiro atoms. The van der Waals surface area contributed by atoms with Crippen LogP contribution in [-0.2, 0) is 14.8 Å². The third-order valence-corrected chi connectivity index (χ3v) is 6.24. The predicted octanol–water partition coefficient (Wildman–Crippen LogP) is 2.04. The number of sulfonamides is 1. The van der Waals surface area contributed by atoms with Gasteiger partial charge in [-0.25, -0.2) is 8.42 Å². The average Bonchev–Trinajstić information content (AvgIpc) is 2.57. The second-order valence-electron chi connectivity index (χ2n) is 6.22. The molecule has 0 saturated heterocycles. The zero-order valence-electron chi connectivity index (χ0n) is 15.3. The molecule has 0 saturated carbocycles. The minimum absolute atomic E-state index is 0.0913. The Morgan fingerprint density at radius 1 is 1.12 bits per heavy atom. The fourth-order valence-corrected chi connectivity index (χ4v) is 3.54. The molecule has 0 bridgehead atoms.